The average molecular weight is 321 g/mol. The van der Waals surface area contributed by atoms with Crippen LogP contribution in [0.25, 0.3) is 0 Å². The standard InChI is InChI=1S/C14H19ClF2N2O2/c1-14(2,3)21-13(20)19-7-8(18)6-9-10(16)4-5-11(17)12(9)15/h4-5,8H,6-7,18H2,1-3H3,(H,19,20). The molecule has 0 heterocycles. The summed E-state index contributed by atoms with van der Waals surface area (Å²) in [5.41, 5.74) is 5.16. The molecule has 1 atom stereocenters. The van der Waals surface area contributed by atoms with E-state index in [9.17, 15) is 13.6 Å². The first kappa shape index (κ1) is 17.7. The molecule has 21 heavy (non-hydrogen) atoms. The van der Waals surface area contributed by atoms with Gasteiger partial charge >= 0.3 is 6.09 Å². The van der Waals surface area contributed by atoms with Crippen LogP contribution in [-0.4, -0.2) is 24.3 Å². The second-order valence-corrected chi connectivity index (χ2v) is 6.05. The monoisotopic (exact) mass is 320 g/mol. The van der Waals surface area contributed by atoms with Crippen LogP contribution in [0, 0.1) is 11.6 Å². The van der Waals surface area contributed by atoms with E-state index in [1.165, 1.54) is 0 Å². The first-order valence-corrected chi connectivity index (χ1v) is 6.82. The van der Waals surface area contributed by atoms with Crippen LogP contribution >= 0.6 is 11.6 Å². The summed E-state index contributed by atoms with van der Waals surface area (Å²) in [6.07, 6.45) is -0.623. The van der Waals surface area contributed by atoms with Crippen LogP contribution in [-0.2, 0) is 11.2 Å². The highest BCUT2D eigenvalue weighted by Crippen LogP contribution is 2.23. The van der Waals surface area contributed by atoms with Crippen molar-refractivity contribution >= 4 is 17.7 Å². The smallest absolute Gasteiger partial charge is 0.407 e. The molecule has 0 fully saturated rings. The lowest BCUT2D eigenvalue weighted by molar-refractivity contribution is 0.0524. The molecule has 0 aromatic heterocycles. The van der Waals surface area contributed by atoms with Crippen LogP contribution in [0.15, 0.2) is 12.1 Å². The van der Waals surface area contributed by atoms with Crippen LogP contribution in [0.4, 0.5) is 13.6 Å². The molecular weight excluding hydrogens is 302 g/mol. The maximum absolute atomic E-state index is 13.6. The molecule has 1 aromatic rings. The summed E-state index contributed by atoms with van der Waals surface area (Å²) in [5.74, 6) is -1.34. The first-order chi connectivity index (χ1) is 9.60. The Morgan fingerprint density at radius 2 is 1.95 bits per heavy atom. The molecule has 0 aliphatic rings. The number of halogens is 3. The van der Waals surface area contributed by atoms with Crippen LogP contribution in [0.2, 0.25) is 5.02 Å². The summed E-state index contributed by atoms with van der Waals surface area (Å²) in [6, 6.07) is 1.32. The summed E-state index contributed by atoms with van der Waals surface area (Å²) < 4.78 is 31.9. The van der Waals surface area contributed by atoms with E-state index in [1.807, 2.05) is 0 Å². The highest BCUT2D eigenvalue weighted by atomic mass is 35.5. The Hall–Kier alpha value is -1.40. The van der Waals surface area contributed by atoms with Crippen LogP contribution in [0.3, 0.4) is 0 Å². The number of benzene rings is 1. The van der Waals surface area contributed by atoms with Crippen molar-refractivity contribution in [3.63, 3.8) is 0 Å². The van der Waals surface area contributed by atoms with Crippen molar-refractivity contribution < 1.29 is 18.3 Å². The van der Waals surface area contributed by atoms with Gasteiger partial charge in [-0.1, -0.05) is 11.6 Å². The van der Waals surface area contributed by atoms with Gasteiger partial charge in [0.05, 0.1) is 5.02 Å². The molecule has 1 aromatic carbocycles. The van der Waals surface area contributed by atoms with Gasteiger partial charge in [-0.3, -0.25) is 0 Å². The number of hydrogen-bond donors (Lipinski definition) is 2. The second kappa shape index (κ2) is 7.04. The van der Waals surface area contributed by atoms with Crippen molar-refractivity contribution in [3.8, 4) is 0 Å². The number of amides is 1. The largest absolute Gasteiger partial charge is 0.444 e. The van der Waals surface area contributed by atoms with E-state index < -0.39 is 29.4 Å². The molecule has 0 bridgehead atoms. The highest BCUT2D eigenvalue weighted by molar-refractivity contribution is 6.31. The Labute approximate surface area is 127 Å². The number of rotatable bonds is 4. The van der Waals surface area contributed by atoms with E-state index in [0.717, 1.165) is 12.1 Å². The first-order valence-electron chi connectivity index (χ1n) is 6.45. The zero-order chi connectivity index (χ0) is 16.2. The van der Waals surface area contributed by atoms with Crippen molar-refractivity contribution in [2.24, 2.45) is 5.73 Å². The van der Waals surface area contributed by atoms with Crippen LogP contribution in [0.1, 0.15) is 26.3 Å². The quantitative estimate of drug-likeness (QED) is 0.838. The summed E-state index contributed by atoms with van der Waals surface area (Å²) in [6.45, 7) is 5.25. The minimum Gasteiger partial charge on any atom is -0.444 e. The molecule has 0 saturated heterocycles. The Kier molecular flexibility index (Phi) is 5.92. The van der Waals surface area contributed by atoms with Gasteiger partial charge in [0.1, 0.15) is 17.2 Å². The maximum atomic E-state index is 13.6. The Morgan fingerprint density at radius 1 is 1.38 bits per heavy atom. The molecular formula is C14H19ClF2N2O2. The summed E-state index contributed by atoms with van der Waals surface area (Å²) in [5, 5.41) is 2.18. The lowest BCUT2D eigenvalue weighted by Crippen LogP contribution is -2.41. The number of carbonyl (C=O) groups excluding carboxylic acids is 1. The minimum absolute atomic E-state index is 0.00176. The van der Waals surface area contributed by atoms with Crippen molar-refractivity contribution in [3.05, 3.63) is 34.4 Å². The zero-order valence-electron chi connectivity index (χ0n) is 12.2. The zero-order valence-corrected chi connectivity index (χ0v) is 12.9. The van der Waals surface area contributed by atoms with Gasteiger partial charge in [-0.05, 0) is 39.3 Å². The number of carbonyl (C=O) groups is 1. The molecule has 3 N–H and O–H groups in total. The van der Waals surface area contributed by atoms with E-state index >= 15 is 0 Å². The topological polar surface area (TPSA) is 64.3 Å². The summed E-state index contributed by atoms with van der Waals surface area (Å²) in [7, 11) is 0. The molecule has 7 heteroatoms. The van der Waals surface area contributed by atoms with E-state index in [1.54, 1.807) is 20.8 Å². The van der Waals surface area contributed by atoms with Gasteiger partial charge in [0.25, 0.3) is 0 Å². The predicted molar refractivity (Wildman–Crippen MR) is 77.3 cm³/mol. The van der Waals surface area contributed by atoms with Crippen molar-refractivity contribution in [2.75, 3.05) is 6.54 Å². The normalized spacial score (nSPS) is 12.9. The molecule has 1 amide bonds. The van der Waals surface area contributed by atoms with Gasteiger partial charge in [0.15, 0.2) is 0 Å². The van der Waals surface area contributed by atoms with Gasteiger partial charge in [-0.2, -0.15) is 0 Å². The SMILES string of the molecule is CC(C)(C)OC(=O)NCC(N)Cc1c(F)ccc(F)c1Cl. The number of nitrogens with one attached hydrogen (secondary N) is 1. The van der Waals surface area contributed by atoms with Crippen LogP contribution in [0.5, 0.6) is 0 Å². The molecule has 118 valence electrons. The number of nitrogens with two attached hydrogens (primary N) is 1. The predicted octanol–water partition coefficient (Wildman–Crippen LogP) is 3.01. The van der Waals surface area contributed by atoms with Gasteiger partial charge in [-0.15, -0.1) is 0 Å². The average Bonchev–Trinajstić information content (AvgIpc) is 2.35. The molecule has 1 rings (SSSR count). The number of hydrogen-bond acceptors (Lipinski definition) is 3. The van der Waals surface area contributed by atoms with Crippen molar-refractivity contribution in [1.29, 1.82) is 0 Å². The van der Waals surface area contributed by atoms with Crippen LogP contribution < -0.4 is 11.1 Å². The summed E-state index contributed by atoms with van der Waals surface area (Å²) in [4.78, 5) is 11.5. The third-order valence-corrected chi connectivity index (χ3v) is 2.92. The fraction of sp³-hybridized carbons (Fsp3) is 0.500. The van der Waals surface area contributed by atoms with Gasteiger partial charge < -0.3 is 15.8 Å². The number of ether oxygens (including phenoxy) is 1. The highest BCUT2D eigenvalue weighted by Gasteiger charge is 2.18. The van der Waals surface area contributed by atoms with E-state index in [2.05, 4.69) is 5.32 Å². The third-order valence-electron chi connectivity index (χ3n) is 2.51. The molecule has 0 aliphatic carbocycles. The summed E-state index contributed by atoms with van der Waals surface area (Å²) >= 11 is 5.71. The maximum Gasteiger partial charge on any atom is 0.407 e. The lowest BCUT2D eigenvalue weighted by Gasteiger charge is -2.21. The molecule has 0 spiro atoms. The van der Waals surface area contributed by atoms with E-state index in [0.29, 0.717) is 0 Å². The van der Waals surface area contributed by atoms with Gasteiger partial charge in [0, 0.05) is 18.2 Å². The Balaban J connectivity index is 2.57. The minimum atomic E-state index is -0.708. The lowest BCUT2D eigenvalue weighted by atomic mass is 10.1. The molecule has 4 nitrogen and oxygen atoms in total. The van der Waals surface area contributed by atoms with E-state index in [-0.39, 0.29) is 23.6 Å². The van der Waals surface area contributed by atoms with Crippen molar-refractivity contribution in [2.45, 2.75) is 38.8 Å². The molecule has 0 saturated carbocycles. The fourth-order valence-corrected chi connectivity index (χ4v) is 1.85. The van der Waals surface area contributed by atoms with E-state index in [4.69, 9.17) is 22.1 Å². The molecule has 1 unspecified atom stereocenters. The van der Waals surface area contributed by atoms with Gasteiger partial charge in [0.2, 0.25) is 0 Å². The third kappa shape index (κ3) is 5.85. The Morgan fingerprint density at radius 3 is 2.52 bits per heavy atom. The second-order valence-electron chi connectivity index (χ2n) is 5.67. The fourth-order valence-electron chi connectivity index (χ4n) is 1.62. The Bertz CT molecular complexity index is 518. The molecule has 0 radical (unpaired) electrons. The van der Waals surface area contributed by atoms with Gasteiger partial charge in [-0.25, -0.2) is 13.6 Å². The van der Waals surface area contributed by atoms with Crippen molar-refractivity contribution in [1.82, 2.24) is 5.32 Å². The molecule has 0 aliphatic heterocycles. The number of alkyl carbamates (subject to hydrolysis) is 1.